The third-order valence-electron chi connectivity index (χ3n) is 3.96. The predicted octanol–water partition coefficient (Wildman–Crippen LogP) is 3.38. The smallest absolute Gasteiger partial charge is 0.0250 e. The second kappa shape index (κ2) is 6.08. The van der Waals surface area contributed by atoms with E-state index >= 15 is 0 Å². The minimum absolute atomic E-state index is 0.226. The van der Waals surface area contributed by atoms with Crippen molar-refractivity contribution < 1.29 is 0 Å². The molecule has 2 nitrogen and oxygen atoms in total. The lowest BCUT2D eigenvalue weighted by atomic mass is 9.95. The van der Waals surface area contributed by atoms with Gasteiger partial charge in [0.05, 0.1) is 0 Å². The van der Waals surface area contributed by atoms with Gasteiger partial charge in [0.2, 0.25) is 0 Å². The van der Waals surface area contributed by atoms with E-state index in [0.29, 0.717) is 5.92 Å². The minimum Gasteiger partial charge on any atom is -0.326 e. The maximum Gasteiger partial charge on any atom is 0.0250 e. The predicted molar refractivity (Wildman–Crippen MR) is 86.6 cm³/mol. The Hall–Kier alpha value is -1.16. The summed E-state index contributed by atoms with van der Waals surface area (Å²) < 4.78 is 1.14. The van der Waals surface area contributed by atoms with Gasteiger partial charge in [0.1, 0.15) is 0 Å². The molecular formula is C17H19BrN2. The van der Waals surface area contributed by atoms with Gasteiger partial charge in [-0.3, -0.25) is 4.90 Å². The highest BCUT2D eigenvalue weighted by molar-refractivity contribution is 9.10. The normalized spacial score (nSPS) is 23.1. The fourth-order valence-electron chi connectivity index (χ4n) is 2.99. The minimum atomic E-state index is 0.226. The molecule has 2 aromatic carbocycles. The highest BCUT2D eigenvalue weighted by atomic mass is 79.9. The van der Waals surface area contributed by atoms with Crippen molar-refractivity contribution in [1.29, 1.82) is 0 Å². The van der Waals surface area contributed by atoms with Gasteiger partial charge in [-0.25, -0.2) is 0 Å². The molecule has 1 aliphatic heterocycles. The van der Waals surface area contributed by atoms with Crippen molar-refractivity contribution >= 4 is 15.9 Å². The van der Waals surface area contributed by atoms with Crippen molar-refractivity contribution in [2.45, 2.75) is 18.5 Å². The second-order valence-electron chi connectivity index (χ2n) is 5.51. The number of halogens is 1. The van der Waals surface area contributed by atoms with Gasteiger partial charge in [0, 0.05) is 36.1 Å². The van der Waals surface area contributed by atoms with E-state index in [1.54, 1.807) is 0 Å². The number of benzene rings is 2. The molecule has 2 N–H and O–H groups in total. The number of hydrogen-bond acceptors (Lipinski definition) is 2. The summed E-state index contributed by atoms with van der Waals surface area (Å²) >= 11 is 3.53. The molecule has 1 heterocycles. The molecule has 0 amide bonds. The van der Waals surface area contributed by atoms with E-state index in [0.717, 1.165) is 24.1 Å². The Kier molecular flexibility index (Phi) is 4.20. The van der Waals surface area contributed by atoms with Crippen LogP contribution in [0.2, 0.25) is 0 Å². The third-order valence-corrected chi connectivity index (χ3v) is 4.46. The Morgan fingerprint density at radius 3 is 2.60 bits per heavy atom. The highest BCUT2D eigenvalue weighted by Gasteiger charge is 2.30. The van der Waals surface area contributed by atoms with Crippen LogP contribution in [0.5, 0.6) is 0 Å². The van der Waals surface area contributed by atoms with Gasteiger partial charge >= 0.3 is 0 Å². The quantitative estimate of drug-likeness (QED) is 0.934. The molecule has 3 rings (SSSR count). The van der Waals surface area contributed by atoms with E-state index in [1.165, 1.54) is 11.1 Å². The zero-order chi connectivity index (χ0) is 13.9. The lowest BCUT2D eigenvalue weighted by molar-refractivity contribution is 0.324. The van der Waals surface area contributed by atoms with E-state index in [4.69, 9.17) is 5.73 Å². The Labute approximate surface area is 128 Å². The Morgan fingerprint density at radius 2 is 1.85 bits per heavy atom. The number of likely N-dealkylation sites (tertiary alicyclic amines) is 1. The summed E-state index contributed by atoms with van der Waals surface area (Å²) in [7, 11) is 0. The molecule has 3 heteroatoms. The molecule has 0 aromatic heterocycles. The maximum absolute atomic E-state index is 6.33. The lowest BCUT2D eigenvalue weighted by Crippen LogP contribution is -2.28. The van der Waals surface area contributed by atoms with Crippen LogP contribution < -0.4 is 5.73 Å². The molecule has 2 aromatic rings. The van der Waals surface area contributed by atoms with Crippen molar-refractivity contribution in [3.8, 4) is 0 Å². The molecule has 0 spiro atoms. The summed E-state index contributed by atoms with van der Waals surface area (Å²) in [5.41, 5.74) is 9.03. The van der Waals surface area contributed by atoms with Crippen LogP contribution in [0.25, 0.3) is 0 Å². The van der Waals surface area contributed by atoms with Crippen molar-refractivity contribution in [2.24, 2.45) is 5.73 Å². The number of rotatable bonds is 3. The topological polar surface area (TPSA) is 29.3 Å². The molecule has 0 saturated carbocycles. The van der Waals surface area contributed by atoms with Crippen LogP contribution in [-0.4, -0.2) is 24.0 Å². The van der Waals surface area contributed by atoms with Gasteiger partial charge in [0.15, 0.2) is 0 Å². The molecule has 0 radical (unpaired) electrons. The van der Waals surface area contributed by atoms with E-state index < -0.39 is 0 Å². The van der Waals surface area contributed by atoms with Crippen LogP contribution in [0.3, 0.4) is 0 Å². The third kappa shape index (κ3) is 3.11. The Balaban J connectivity index is 1.69. The van der Waals surface area contributed by atoms with Crippen molar-refractivity contribution in [3.63, 3.8) is 0 Å². The highest BCUT2D eigenvalue weighted by Crippen LogP contribution is 2.27. The van der Waals surface area contributed by atoms with Crippen molar-refractivity contribution in [1.82, 2.24) is 4.90 Å². The van der Waals surface area contributed by atoms with Gasteiger partial charge < -0.3 is 5.73 Å². The molecule has 104 valence electrons. The first-order valence-corrected chi connectivity index (χ1v) is 7.79. The summed E-state index contributed by atoms with van der Waals surface area (Å²) in [5, 5.41) is 0. The first kappa shape index (κ1) is 13.8. The van der Waals surface area contributed by atoms with Crippen molar-refractivity contribution in [3.05, 3.63) is 70.2 Å². The number of nitrogens with two attached hydrogens (primary N) is 1. The standard InChI is InChI=1S/C17H19BrN2/c18-15-8-4-5-13(9-15)10-20-11-16(17(19)12-20)14-6-2-1-3-7-14/h1-9,16-17H,10-12,19H2/t16-,17+/m0/s1. The fourth-order valence-corrected chi connectivity index (χ4v) is 3.44. The van der Waals surface area contributed by atoms with Gasteiger partial charge in [-0.1, -0.05) is 58.4 Å². The largest absolute Gasteiger partial charge is 0.326 e. The molecule has 20 heavy (non-hydrogen) atoms. The molecule has 1 aliphatic rings. The summed E-state index contributed by atoms with van der Waals surface area (Å²) in [6, 6.07) is 19.4. The summed E-state index contributed by atoms with van der Waals surface area (Å²) in [5.74, 6) is 0.448. The van der Waals surface area contributed by atoms with Crippen LogP contribution in [0.1, 0.15) is 17.0 Å². The number of nitrogens with zero attached hydrogens (tertiary/aromatic N) is 1. The van der Waals surface area contributed by atoms with Crippen molar-refractivity contribution in [2.75, 3.05) is 13.1 Å². The lowest BCUT2D eigenvalue weighted by Gasteiger charge is -2.16. The van der Waals surface area contributed by atoms with Crippen LogP contribution in [-0.2, 0) is 6.54 Å². The van der Waals surface area contributed by atoms with Crippen LogP contribution in [0, 0.1) is 0 Å². The van der Waals surface area contributed by atoms with E-state index in [2.05, 4.69) is 75.4 Å². The summed E-state index contributed by atoms with van der Waals surface area (Å²) in [6.45, 7) is 2.97. The van der Waals surface area contributed by atoms with Gasteiger partial charge in [-0.05, 0) is 23.3 Å². The Morgan fingerprint density at radius 1 is 1.05 bits per heavy atom. The molecule has 0 aliphatic carbocycles. The average Bonchev–Trinajstić information content (AvgIpc) is 2.80. The summed E-state index contributed by atoms with van der Waals surface area (Å²) in [4.78, 5) is 2.45. The molecular weight excluding hydrogens is 312 g/mol. The molecule has 1 fully saturated rings. The van der Waals surface area contributed by atoms with Crippen LogP contribution in [0.4, 0.5) is 0 Å². The van der Waals surface area contributed by atoms with E-state index in [1.807, 2.05) is 0 Å². The molecule has 2 atom stereocenters. The first-order chi connectivity index (χ1) is 9.72. The van der Waals surface area contributed by atoms with Crippen LogP contribution in [0.15, 0.2) is 59.1 Å². The first-order valence-electron chi connectivity index (χ1n) is 7.00. The monoisotopic (exact) mass is 330 g/mol. The van der Waals surface area contributed by atoms with E-state index in [-0.39, 0.29) is 6.04 Å². The zero-order valence-corrected chi connectivity index (χ0v) is 13.0. The summed E-state index contributed by atoms with van der Waals surface area (Å²) in [6.07, 6.45) is 0. The SMILES string of the molecule is N[C@@H]1CN(Cc2cccc(Br)c2)C[C@H]1c1ccccc1. The van der Waals surface area contributed by atoms with E-state index in [9.17, 15) is 0 Å². The second-order valence-corrected chi connectivity index (χ2v) is 6.42. The Bertz CT molecular complexity index is 570. The number of hydrogen-bond donors (Lipinski definition) is 1. The molecule has 0 bridgehead atoms. The maximum atomic E-state index is 6.33. The van der Waals surface area contributed by atoms with Gasteiger partial charge in [-0.2, -0.15) is 0 Å². The molecule has 0 unspecified atom stereocenters. The molecule has 1 saturated heterocycles. The average molecular weight is 331 g/mol. The van der Waals surface area contributed by atoms with Crippen LogP contribution >= 0.6 is 15.9 Å². The fraction of sp³-hybridized carbons (Fsp3) is 0.294. The van der Waals surface area contributed by atoms with Gasteiger partial charge in [-0.15, -0.1) is 0 Å². The van der Waals surface area contributed by atoms with Gasteiger partial charge in [0.25, 0.3) is 0 Å². The zero-order valence-electron chi connectivity index (χ0n) is 11.4.